The van der Waals surface area contributed by atoms with Crippen molar-refractivity contribution in [1.82, 2.24) is 0 Å². The fraction of sp³-hybridized carbons (Fsp3) is 0.273. The van der Waals surface area contributed by atoms with E-state index in [2.05, 4.69) is 12.1 Å². The van der Waals surface area contributed by atoms with Crippen LogP contribution in [0.1, 0.15) is 58.2 Å². The van der Waals surface area contributed by atoms with Crippen molar-refractivity contribution in [3.8, 4) is 34.5 Å². The number of methoxy groups -OCH3 is 2. The monoisotopic (exact) mass is 522 g/mol. The maximum absolute atomic E-state index is 10.8. The molecule has 4 aromatic rings. The predicted octanol–water partition coefficient (Wildman–Crippen LogP) is 6.94. The minimum Gasteiger partial charge on any atom is -0.507 e. The van der Waals surface area contributed by atoms with Gasteiger partial charge in [0.2, 0.25) is 0 Å². The van der Waals surface area contributed by atoms with E-state index >= 15 is 0 Å². The molecule has 0 saturated carbocycles. The predicted molar refractivity (Wildman–Crippen MR) is 146 cm³/mol. The molecule has 3 atom stereocenters. The second-order valence-electron chi connectivity index (χ2n) is 10.4. The molecule has 0 unspecified atom stereocenters. The molecule has 1 N–H and O–H groups in total. The van der Waals surface area contributed by atoms with Gasteiger partial charge in [-0.05, 0) is 25.3 Å². The number of hydrogen-bond acceptors (Lipinski definition) is 6. The Morgan fingerprint density at radius 2 is 1.56 bits per heavy atom. The Morgan fingerprint density at radius 1 is 0.872 bits per heavy atom. The minimum atomic E-state index is -1.09. The Labute approximate surface area is 227 Å². The van der Waals surface area contributed by atoms with Crippen molar-refractivity contribution in [3.05, 3.63) is 106 Å². The van der Waals surface area contributed by atoms with Crippen LogP contribution in [0.25, 0.3) is 0 Å². The summed E-state index contributed by atoms with van der Waals surface area (Å²) in [6.07, 6.45) is 2.10. The van der Waals surface area contributed by atoms with Gasteiger partial charge in [-0.1, -0.05) is 60.7 Å². The van der Waals surface area contributed by atoms with E-state index in [-0.39, 0.29) is 17.8 Å². The topological polar surface area (TPSA) is 66.4 Å². The molecule has 3 heterocycles. The quantitative estimate of drug-likeness (QED) is 0.313. The maximum Gasteiger partial charge on any atom is 0.278 e. The third-order valence-corrected chi connectivity index (χ3v) is 8.29. The van der Waals surface area contributed by atoms with E-state index in [0.717, 1.165) is 52.2 Å². The van der Waals surface area contributed by atoms with Crippen LogP contribution in [-0.4, -0.2) is 19.3 Å². The lowest BCUT2D eigenvalue weighted by Crippen LogP contribution is -2.47. The average Bonchev–Trinajstić information content (AvgIpc) is 2.98. The van der Waals surface area contributed by atoms with Crippen molar-refractivity contribution >= 4 is 0 Å². The lowest BCUT2D eigenvalue weighted by molar-refractivity contribution is -0.149. The smallest absolute Gasteiger partial charge is 0.278 e. The molecule has 39 heavy (non-hydrogen) atoms. The molecule has 2 bridgehead atoms. The molecule has 198 valence electrons. The number of aromatic hydroxyl groups is 1. The van der Waals surface area contributed by atoms with E-state index in [1.165, 1.54) is 0 Å². The fourth-order valence-electron chi connectivity index (χ4n) is 6.44. The molecule has 4 aromatic carbocycles. The number of phenolic OH excluding ortho intramolecular Hbond substituents is 1. The van der Waals surface area contributed by atoms with Crippen molar-refractivity contribution in [2.45, 2.75) is 44.0 Å². The van der Waals surface area contributed by atoms with Gasteiger partial charge in [0.25, 0.3) is 5.79 Å². The molecular formula is C33H30O6. The van der Waals surface area contributed by atoms with Crippen molar-refractivity contribution in [1.29, 1.82) is 0 Å². The van der Waals surface area contributed by atoms with Crippen LogP contribution in [0.3, 0.4) is 0 Å². The van der Waals surface area contributed by atoms with Gasteiger partial charge in [0.1, 0.15) is 40.6 Å². The van der Waals surface area contributed by atoms with Crippen molar-refractivity contribution in [2.24, 2.45) is 0 Å². The summed E-state index contributed by atoms with van der Waals surface area (Å²) in [6, 6.07) is 23.9. The first-order valence-electron chi connectivity index (χ1n) is 13.3. The highest BCUT2D eigenvalue weighted by Crippen LogP contribution is 2.62. The highest BCUT2D eigenvalue weighted by Gasteiger charge is 2.53. The normalized spacial score (nSPS) is 22.2. The van der Waals surface area contributed by atoms with Crippen LogP contribution in [0.4, 0.5) is 0 Å². The van der Waals surface area contributed by atoms with Crippen LogP contribution < -0.4 is 23.7 Å². The van der Waals surface area contributed by atoms with Crippen LogP contribution >= 0.6 is 0 Å². The fourth-order valence-corrected chi connectivity index (χ4v) is 6.44. The Hall–Kier alpha value is -4.32. The van der Waals surface area contributed by atoms with Gasteiger partial charge in [0.05, 0.1) is 14.2 Å². The Kier molecular flexibility index (Phi) is 5.41. The molecule has 0 spiro atoms. The second-order valence-corrected chi connectivity index (χ2v) is 10.4. The van der Waals surface area contributed by atoms with E-state index in [1.807, 2.05) is 61.5 Å². The SMILES string of the molecule is COc1cc2c(c3c1CC[C@H](c1ccccc1)O3)[C@@H]1C[C@@](c3ccccc3)(Oc3cc(O)c(C)c(OC)c31)O2. The molecule has 7 rings (SSSR count). The van der Waals surface area contributed by atoms with Crippen LogP contribution in [0.2, 0.25) is 0 Å². The first-order valence-corrected chi connectivity index (χ1v) is 13.3. The van der Waals surface area contributed by atoms with Crippen LogP contribution in [-0.2, 0) is 12.2 Å². The van der Waals surface area contributed by atoms with Gasteiger partial charge >= 0.3 is 0 Å². The summed E-state index contributed by atoms with van der Waals surface area (Å²) < 4.78 is 32.1. The number of phenols is 1. The lowest BCUT2D eigenvalue weighted by atomic mass is 9.76. The molecule has 0 fully saturated rings. The maximum atomic E-state index is 10.8. The third kappa shape index (κ3) is 3.54. The van der Waals surface area contributed by atoms with E-state index in [4.69, 9.17) is 23.7 Å². The van der Waals surface area contributed by atoms with Crippen molar-refractivity contribution in [3.63, 3.8) is 0 Å². The van der Waals surface area contributed by atoms with Crippen molar-refractivity contribution in [2.75, 3.05) is 14.2 Å². The summed E-state index contributed by atoms with van der Waals surface area (Å²) in [6.45, 7) is 1.86. The van der Waals surface area contributed by atoms with Gasteiger partial charge in [-0.15, -0.1) is 0 Å². The largest absolute Gasteiger partial charge is 0.507 e. The van der Waals surface area contributed by atoms with Gasteiger partial charge in [0, 0.05) is 52.3 Å². The molecule has 0 radical (unpaired) electrons. The summed E-state index contributed by atoms with van der Waals surface area (Å²) in [5.41, 5.74) is 5.60. The number of rotatable bonds is 4. The summed E-state index contributed by atoms with van der Waals surface area (Å²) in [7, 11) is 3.32. The minimum absolute atomic E-state index is 0.0847. The Morgan fingerprint density at radius 3 is 2.26 bits per heavy atom. The number of benzene rings is 4. The van der Waals surface area contributed by atoms with Crippen LogP contribution in [0, 0.1) is 6.92 Å². The average molecular weight is 523 g/mol. The highest BCUT2D eigenvalue weighted by molar-refractivity contribution is 5.68. The molecule has 0 aromatic heterocycles. The van der Waals surface area contributed by atoms with E-state index in [0.29, 0.717) is 29.2 Å². The first-order chi connectivity index (χ1) is 19.0. The number of ether oxygens (including phenoxy) is 5. The van der Waals surface area contributed by atoms with E-state index in [9.17, 15) is 5.11 Å². The Balaban J connectivity index is 1.49. The second kappa shape index (κ2) is 8.87. The summed E-state index contributed by atoms with van der Waals surface area (Å²) in [4.78, 5) is 0. The molecule has 3 aliphatic rings. The molecule has 3 aliphatic heterocycles. The zero-order chi connectivity index (χ0) is 26.7. The molecule has 0 saturated heterocycles. The van der Waals surface area contributed by atoms with E-state index in [1.54, 1.807) is 20.3 Å². The summed E-state index contributed by atoms with van der Waals surface area (Å²) in [5.74, 6) is 2.23. The van der Waals surface area contributed by atoms with Gasteiger partial charge in [0.15, 0.2) is 0 Å². The van der Waals surface area contributed by atoms with Gasteiger partial charge in [-0.2, -0.15) is 0 Å². The number of fused-ring (bicyclic) bond motifs is 8. The summed E-state index contributed by atoms with van der Waals surface area (Å²) >= 11 is 0. The number of hydrogen-bond donors (Lipinski definition) is 1. The van der Waals surface area contributed by atoms with Crippen molar-refractivity contribution < 1.29 is 28.8 Å². The Bertz CT molecular complexity index is 1570. The van der Waals surface area contributed by atoms with Crippen LogP contribution in [0.5, 0.6) is 34.5 Å². The van der Waals surface area contributed by atoms with Gasteiger partial charge < -0.3 is 28.8 Å². The molecule has 6 heteroatoms. The van der Waals surface area contributed by atoms with Crippen LogP contribution in [0.15, 0.2) is 72.8 Å². The zero-order valence-corrected chi connectivity index (χ0v) is 22.2. The first kappa shape index (κ1) is 23.8. The lowest BCUT2D eigenvalue weighted by Gasteiger charge is -2.48. The standard InChI is InChI=1S/C33H30O6/c1-19-24(34)16-27-29(31(19)36-3)23-18-33(38-27,21-12-8-5-9-13-21)39-28-17-26(35-2)22-14-15-25(37-32(22)30(23)28)20-10-6-4-7-11-20/h4-13,16-17,23,25,34H,14-15,18H2,1-3H3/t23-,25-,33-/m1/s1. The molecular weight excluding hydrogens is 492 g/mol. The van der Waals surface area contributed by atoms with Gasteiger partial charge in [-0.3, -0.25) is 0 Å². The molecule has 0 aliphatic carbocycles. The highest BCUT2D eigenvalue weighted by atomic mass is 16.7. The summed E-state index contributed by atoms with van der Waals surface area (Å²) in [5, 5.41) is 10.8. The zero-order valence-electron chi connectivity index (χ0n) is 22.2. The molecule has 6 nitrogen and oxygen atoms in total. The third-order valence-electron chi connectivity index (χ3n) is 8.29. The van der Waals surface area contributed by atoms with Gasteiger partial charge in [-0.25, -0.2) is 0 Å². The molecule has 0 amide bonds. The van der Waals surface area contributed by atoms with E-state index < -0.39 is 5.79 Å².